The molecule has 20 heavy (non-hydrogen) atoms. The molecule has 1 aromatic rings. The highest BCUT2D eigenvalue weighted by Gasteiger charge is 2.07. The maximum Gasteiger partial charge on any atom is 0.155 e. The van der Waals surface area contributed by atoms with Crippen LogP contribution in [0.2, 0.25) is 0 Å². The van der Waals surface area contributed by atoms with Crippen molar-refractivity contribution in [1.82, 2.24) is 0 Å². The maximum absolute atomic E-state index is 11.2. The van der Waals surface area contributed by atoms with Crippen molar-refractivity contribution in [1.29, 1.82) is 0 Å². The summed E-state index contributed by atoms with van der Waals surface area (Å²) < 4.78 is 11.3. The van der Waals surface area contributed by atoms with E-state index in [-0.39, 0.29) is 5.78 Å². The standard InChI is InChI=1S/C17H24O3/c1-4-12-20-16-11-10-14(17(13-16)19-6-3)8-7-9-15(18)5-2/h5,10-11,13H,2,4,6-9,12H2,1,3H3. The van der Waals surface area contributed by atoms with E-state index in [0.717, 1.165) is 36.3 Å². The Morgan fingerprint density at radius 3 is 2.75 bits per heavy atom. The maximum atomic E-state index is 11.2. The van der Waals surface area contributed by atoms with Crippen LogP contribution >= 0.6 is 0 Å². The highest BCUT2D eigenvalue weighted by Crippen LogP contribution is 2.26. The number of rotatable bonds is 10. The van der Waals surface area contributed by atoms with Gasteiger partial charge in [0.25, 0.3) is 0 Å². The molecule has 110 valence electrons. The minimum absolute atomic E-state index is 0.0888. The van der Waals surface area contributed by atoms with Gasteiger partial charge in [-0.1, -0.05) is 19.6 Å². The van der Waals surface area contributed by atoms with Gasteiger partial charge < -0.3 is 9.47 Å². The molecule has 0 atom stereocenters. The fraction of sp³-hybridized carbons (Fsp3) is 0.471. The van der Waals surface area contributed by atoms with Crippen LogP contribution in [0.25, 0.3) is 0 Å². The Morgan fingerprint density at radius 1 is 1.30 bits per heavy atom. The lowest BCUT2D eigenvalue weighted by molar-refractivity contribution is -0.114. The molecule has 0 aliphatic heterocycles. The second-order valence-corrected chi connectivity index (χ2v) is 4.57. The van der Waals surface area contributed by atoms with Gasteiger partial charge in [-0.15, -0.1) is 0 Å². The molecular formula is C17H24O3. The molecule has 3 nitrogen and oxygen atoms in total. The number of ketones is 1. The Kier molecular flexibility index (Phi) is 7.48. The molecule has 0 fully saturated rings. The van der Waals surface area contributed by atoms with Crippen LogP contribution in [0, 0.1) is 0 Å². The van der Waals surface area contributed by atoms with E-state index < -0.39 is 0 Å². The first-order valence-corrected chi connectivity index (χ1v) is 7.25. The van der Waals surface area contributed by atoms with Crippen molar-refractivity contribution in [3.05, 3.63) is 36.4 Å². The fourth-order valence-electron chi connectivity index (χ4n) is 1.90. The molecule has 0 heterocycles. The minimum atomic E-state index is 0.0888. The van der Waals surface area contributed by atoms with Gasteiger partial charge in [0.1, 0.15) is 11.5 Å². The smallest absolute Gasteiger partial charge is 0.155 e. The lowest BCUT2D eigenvalue weighted by Crippen LogP contribution is -2.01. The molecule has 0 saturated heterocycles. The molecule has 0 amide bonds. The monoisotopic (exact) mass is 276 g/mol. The summed E-state index contributed by atoms with van der Waals surface area (Å²) in [5.41, 5.74) is 1.12. The van der Waals surface area contributed by atoms with Crippen LogP contribution in [0.5, 0.6) is 11.5 Å². The second kappa shape index (κ2) is 9.18. The highest BCUT2D eigenvalue weighted by atomic mass is 16.5. The highest BCUT2D eigenvalue weighted by molar-refractivity contribution is 5.88. The predicted molar refractivity (Wildman–Crippen MR) is 81.5 cm³/mol. The number of ether oxygens (including phenoxy) is 2. The Morgan fingerprint density at radius 2 is 2.10 bits per heavy atom. The van der Waals surface area contributed by atoms with Crippen LogP contribution in [-0.2, 0) is 11.2 Å². The van der Waals surface area contributed by atoms with E-state index in [2.05, 4.69) is 13.5 Å². The average Bonchev–Trinajstić information content (AvgIpc) is 2.47. The first-order valence-electron chi connectivity index (χ1n) is 7.25. The summed E-state index contributed by atoms with van der Waals surface area (Å²) >= 11 is 0. The SMILES string of the molecule is C=CC(=O)CCCc1ccc(OCCC)cc1OCC. The summed E-state index contributed by atoms with van der Waals surface area (Å²) in [4.78, 5) is 11.2. The second-order valence-electron chi connectivity index (χ2n) is 4.57. The molecule has 0 spiro atoms. The molecule has 3 heteroatoms. The summed E-state index contributed by atoms with van der Waals surface area (Å²) in [6.07, 6.45) is 4.52. The van der Waals surface area contributed by atoms with Crippen LogP contribution in [0.4, 0.5) is 0 Å². The summed E-state index contributed by atoms with van der Waals surface area (Å²) in [7, 11) is 0. The van der Waals surface area contributed by atoms with E-state index in [1.54, 1.807) is 0 Å². The van der Waals surface area contributed by atoms with Crippen molar-refractivity contribution in [2.75, 3.05) is 13.2 Å². The van der Waals surface area contributed by atoms with Crippen molar-refractivity contribution in [3.8, 4) is 11.5 Å². The third-order valence-electron chi connectivity index (χ3n) is 2.91. The number of aryl methyl sites for hydroxylation is 1. The van der Waals surface area contributed by atoms with Gasteiger partial charge in [0.05, 0.1) is 13.2 Å². The number of allylic oxidation sites excluding steroid dienone is 1. The Hall–Kier alpha value is -1.77. The number of hydrogen-bond acceptors (Lipinski definition) is 3. The van der Waals surface area contributed by atoms with E-state index in [1.807, 2.05) is 25.1 Å². The molecule has 0 unspecified atom stereocenters. The minimum Gasteiger partial charge on any atom is -0.493 e. The van der Waals surface area contributed by atoms with E-state index in [4.69, 9.17) is 9.47 Å². The molecular weight excluding hydrogens is 252 g/mol. The van der Waals surface area contributed by atoms with Crippen molar-refractivity contribution in [2.24, 2.45) is 0 Å². The molecule has 0 saturated carbocycles. The van der Waals surface area contributed by atoms with E-state index >= 15 is 0 Å². The van der Waals surface area contributed by atoms with E-state index in [1.165, 1.54) is 6.08 Å². The molecule has 1 aromatic carbocycles. The zero-order chi connectivity index (χ0) is 14.8. The third-order valence-corrected chi connectivity index (χ3v) is 2.91. The first-order chi connectivity index (χ1) is 9.71. The molecule has 0 radical (unpaired) electrons. The Bertz CT molecular complexity index is 438. The van der Waals surface area contributed by atoms with Crippen LogP contribution in [0.1, 0.15) is 38.7 Å². The quantitative estimate of drug-likeness (QED) is 0.607. The van der Waals surface area contributed by atoms with Crippen molar-refractivity contribution >= 4 is 5.78 Å². The Labute approximate surface area is 121 Å². The zero-order valence-electron chi connectivity index (χ0n) is 12.5. The van der Waals surface area contributed by atoms with Crippen molar-refractivity contribution < 1.29 is 14.3 Å². The summed E-state index contributed by atoms with van der Waals surface area (Å²) in [5.74, 6) is 1.78. The molecule has 0 aliphatic carbocycles. The number of benzene rings is 1. The van der Waals surface area contributed by atoms with Gasteiger partial charge in [0.15, 0.2) is 5.78 Å². The molecule has 0 N–H and O–H groups in total. The topological polar surface area (TPSA) is 35.5 Å². The fourth-order valence-corrected chi connectivity index (χ4v) is 1.90. The van der Waals surface area contributed by atoms with Gasteiger partial charge in [-0.25, -0.2) is 0 Å². The molecule has 0 bridgehead atoms. The summed E-state index contributed by atoms with van der Waals surface area (Å²) in [6, 6.07) is 5.92. The van der Waals surface area contributed by atoms with Crippen LogP contribution in [0.15, 0.2) is 30.9 Å². The Balaban J connectivity index is 2.68. The summed E-state index contributed by atoms with van der Waals surface area (Å²) in [5, 5.41) is 0. The lowest BCUT2D eigenvalue weighted by atomic mass is 10.1. The summed E-state index contributed by atoms with van der Waals surface area (Å²) in [6.45, 7) is 8.85. The van der Waals surface area contributed by atoms with Crippen LogP contribution in [0.3, 0.4) is 0 Å². The first kappa shape index (κ1) is 16.3. The van der Waals surface area contributed by atoms with Crippen molar-refractivity contribution in [3.63, 3.8) is 0 Å². The van der Waals surface area contributed by atoms with Gasteiger partial charge in [-0.3, -0.25) is 4.79 Å². The van der Waals surface area contributed by atoms with Crippen LogP contribution < -0.4 is 9.47 Å². The molecule has 0 aliphatic rings. The molecule has 1 rings (SSSR count). The van der Waals surface area contributed by atoms with Gasteiger partial charge in [-0.05, 0) is 43.9 Å². The average molecular weight is 276 g/mol. The van der Waals surface area contributed by atoms with Crippen LogP contribution in [-0.4, -0.2) is 19.0 Å². The largest absolute Gasteiger partial charge is 0.493 e. The number of hydrogen-bond donors (Lipinski definition) is 0. The zero-order valence-corrected chi connectivity index (χ0v) is 12.5. The lowest BCUT2D eigenvalue weighted by Gasteiger charge is -2.12. The van der Waals surface area contributed by atoms with E-state index in [0.29, 0.717) is 19.6 Å². The van der Waals surface area contributed by atoms with Crippen molar-refractivity contribution in [2.45, 2.75) is 39.5 Å². The third kappa shape index (κ3) is 5.47. The normalized spacial score (nSPS) is 10.1. The number of carbonyl (C=O) groups excluding carboxylic acids is 1. The molecule has 0 aromatic heterocycles. The van der Waals surface area contributed by atoms with E-state index in [9.17, 15) is 4.79 Å². The van der Waals surface area contributed by atoms with Gasteiger partial charge in [-0.2, -0.15) is 0 Å². The van der Waals surface area contributed by atoms with Gasteiger partial charge >= 0.3 is 0 Å². The van der Waals surface area contributed by atoms with Gasteiger partial charge in [0.2, 0.25) is 0 Å². The number of carbonyl (C=O) groups is 1. The predicted octanol–water partition coefficient (Wildman–Crippen LogP) is 3.95. The van der Waals surface area contributed by atoms with Gasteiger partial charge in [0, 0.05) is 12.5 Å².